The molecule has 2 N–H and O–H groups in total. The zero-order valence-corrected chi connectivity index (χ0v) is 9.51. The minimum absolute atomic E-state index is 0.110. The summed E-state index contributed by atoms with van der Waals surface area (Å²) >= 11 is 0. The van der Waals surface area contributed by atoms with Crippen LogP contribution in [-0.4, -0.2) is 21.0 Å². The molecule has 18 heavy (non-hydrogen) atoms. The maximum Gasteiger partial charge on any atom is 0.303 e. The Hall–Kier alpha value is -2.44. The van der Waals surface area contributed by atoms with Crippen LogP contribution in [0.2, 0.25) is 0 Å². The van der Waals surface area contributed by atoms with Crippen molar-refractivity contribution in [3.8, 4) is 0 Å². The molecule has 0 radical (unpaired) electrons. The van der Waals surface area contributed by atoms with E-state index in [2.05, 4.69) is 4.98 Å². The van der Waals surface area contributed by atoms with Crippen LogP contribution >= 0.6 is 0 Å². The number of halogens is 1. The van der Waals surface area contributed by atoms with Crippen molar-refractivity contribution in [1.29, 1.82) is 0 Å². The average molecular weight is 254 g/mol. The summed E-state index contributed by atoms with van der Waals surface area (Å²) in [4.78, 5) is 21.9. The lowest BCUT2D eigenvalue weighted by atomic mass is 10.2. The molecule has 0 unspecified atom stereocenters. The number of nitro benzene ring substituents is 1. The number of carboxylic acid groups (broad SMARTS) is 1. The van der Waals surface area contributed by atoms with E-state index < -0.39 is 16.7 Å². The first-order valence-corrected chi connectivity index (χ1v) is 5.09. The molecular formula is C11H11FN2O4. The maximum atomic E-state index is 13.0. The number of nitrogens with one attached hydrogen (secondary N) is 1. The molecule has 1 aromatic carbocycles. The standard InChI is InChI=1S/C8H5FN2O2.C3H6O2/c9-6-1-2-7(11(12)13)8-5(6)3-4-10-8;1-2-3(4)5/h1-4,10H;2H2,1H3,(H,4,5). The second kappa shape index (κ2) is 5.76. The topological polar surface area (TPSA) is 96.2 Å². The lowest BCUT2D eigenvalue weighted by molar-refractivity contribution is -0.383. The number of nitrogens with zero attached hydrogens (tertiary/aromatic N) is 1. The number of non-ortho nitro benzene ring substituents is 1. The fourth-order valence-corrected chi connectivity index (χ4v) is 1.26. The summed E-state index contributed by atoms with van der Waals surface area (Å²) in [5, 5.41) is 18.5. The summed E-state index contributed by atoms with van der Waals surface area (Å²) < 4.78 is 13.0. The zero-order chi connectivity index (χ0) is 13.7. The number of aromatic amines is 1. The Bertz CT molecular complexity index is 579. The first kappa shape index (κ1) is 13.6. The molecule has 0 bridgehead atoms. The van der Waals surface area contributed by atoms with Crippen LogP contribution in [0.4, 0.5) is 10.1 Å². The molecular weight excluding hydrogens is 243 g/mol. The maximum absolute atomic E-state index is 13.0. The smallest absolute Gasteiger partial charge is 0.303 e. The molecule has 1 aromatic heterocycles. The Kier molecular flexibility index (Phi) is 4.36. The van der Waals surface area contributed by atoms with Crippen molar-refractivity contribution in [1.82, 2.24) is 4.98 Å². The number of aromatic nitrogens is 1. The van der Waals surface area contributed by atoms with E-state index in [-0.39, 0.29) is 23.0 Å². The number of fused-ring (bicyclic) bond motifs is 1. The van der Waals surface area contributed by atoms with E-state index >= 15 is 0 Å². The number of H-pyrrole nitrogens is 1. The van der Waals surface area contributed by atoms with Crippen LogP contribution in [0.1, 0.15) is 13.3 Å². The number of rotatable bonds is 2. The predicted octanol–water partition coefficient (Wildman–Crippen LogP) is 2.70. The highest BCUT2D eigenvalue weighted by Gasteiger charge is 2.14. The molecule has 2 aromatic rings. The molecule has 0 aliphatic rings. The molecule has 0 saturated carbocycles. The van der Waals surface area contributed by atoms with E-state index in [0.29, 0.717) is 0 Å². The molecule has 0 aliphatic carbocycles. The molecule has 0 fully saturated rings. The summed E-state index contributed by atoms with van der Waals surface area (Å²) in [7, 11) is 0. The van der Waals surface area contributed by atoms with Crippen LogP contribution in [0.3, 0.4) is 0 Å². The molecule has 7 heteroatoms. The van der Waals surface area contributed by atoms with Gasteiger partial charge in [-0.05, 0) is 12.1 Å². The quantitative estimate of drug-likeness (QED) is 0.636. The molecule has 1 heterocycles. The van der Waals surface area contributed by atoms with Gasteiger partial charge in [-0.25, -0.2) is 4.39 Å². The van der Waals surface area contributed by atoms with Crippen molar-refractivity contribution in [2.45, 2.75) is 13.3 Å². The summed E-state index contributed by atoms with van der Waals surface area (Å²) in [5.74, 6) is -1.20. The van der Waals surface area contributed by atoms with Gasteiger partial charge in [0.1, 0.15) is 11.3 Å². The second-order valence-electron chi connectivity index (χ2n) is 3.34. The highest BCUT2D eigenvalue weighted by atomic mass is 19.1. The van der Waals surface area contributed by atoms with E-state index in [9.17, 15) is 19.3 Å². The number of nitro groups is 1. The van der Waals surface area contributed by atoms with Crippen molar-refractivity contribution in [3.63, 3.8) is 0 Å². The fraction of sp³-hybridized carbons (Fsp3) is 0.182. The minimum atomic E-state index is -0.745. The predicted molar refractivity (Wildman–Crippen MR) is 62.8 cm³/mol. The monoisotopic (exact) mass is 254 g/mol. The van der Waals surface area contributed by atoms with Crippen LogP contribution in [0.25, 0.3) is 10.9 Å². The lowest BCUT2D eigenvalue weighted by Gasteiger charge is -1.94. The first-order valence-electron chi connectivity index (χ1n) is 5.09. The van der Waals surface area contributed by atoms with E-state index in [1.54, 1.807) is 6.92 Å². The number of aliphatic carboxylic acids is 1. The SMILES string of the molecule is CCC(=O)O.O=[N+]([O-])c1ccc(F)c2cc[nH]c12. The summed E-state index contributed by atoms with van der Waals surface area (Å²) in [5.41, 5.74) is 0.117. The van der Waals surface area contributed by atoms with Gasteiger partial charge in [0.2, 0.25) is 0 Å². The highest BCUT2D eigenvalue weighted by Crippen LogP contribution is 2.25. The van der Waals surface area contributed by atoms with E-state index in [0.717, 1.165) is 12.1 Å². The second-order valence-corrected chi connectivity index (χ2v) is 3.34. The Labute approximate surface area is 101 Å². The van der Waals surface area contributed by atoms with Gasteiger partial charge in [0.15, 0.2) is 0 Å². The van der Waals surface area contributed by atoms with Crippen molar-refractivity contribution < 1.29 is 19.2 Å². The van der Waals surface area contributed by atoms with Crippen molar-refractivity contribution in [2.75, 3.05) is 0 Å². The molecule has 0 aliphatic heterocycles. The van der Waals surface area contributed by atoms with Crippen molar-refractivity contribution in [2.24, 2.45) is 0 Å². The molecule has 0 saturated heterocycles. The lowest BCUT2D eigenvalue weighted by Crippen LogP contribution is -1.90. The largest absolute Gasteiger partial charge is 0.481 e. The molecule has 0 amide bonds. The van der Waals surface area contributed by atoms with Gasteiger partial charge in [-0.1, -0.05) is 6.92 Å². The van der Waals surface area contributed by atoms with Crippen molar-refractivity contribution >= 4 is 22.6 Å². The van der Waals surface area contributed by atoms with Gasteiger partial charge in [-0.3, -0.25) is 14.9 Å². The third kappa shape index (κ3) is 3.03. The van der Waals surface area contributed by atoms with Gasteiger partial charge in [0, 0.05) is 24.1 Å². The molecule has 6 nitrogen and oxygen atoms in total. The van der Waals surface area contributed by atoms with Gasteiger partial charge in [0.25, 0.3) is 5.69 Å². The third-order valence-corrected chi connectivity index (χ3v) is 2.15. The minimum Gasteiger partial charge on any atom is -0.481 e. The first-order chi connectivity index (χ1) is 8.47. The number of carboxylic acids is 1. The van der Waals surface area contributed by atoms with E-state index in [1.165, 1.54) is 12.3 Å². The molecule has 2 rings (SSSR count). The van der Waals surface area contributed by atoms with Crippen LogP contribution in [0.15, 0.2) is 24.4 Å². The number of hydrogen-bond donors (Lipinski definition) is 2. The van der Waals surface area contributed by atoms with E-state index in [4.69, 9.17) is 5.11 Å². The molecule has 0 spiro atoms. The van der Waals surface area contributed by atoms with Crippen molar-refractivity contribution in [3.05, 3.63) is 40.3 Å². The normalized spacial score (nSPS) is 9.67. The van der Waals surface area contributed by atoms with Gasteiger partial charge in [0.05, 0.1) is 4.92 Å². The van der Waals surface area contributed by atoms with Crippen LogP contribution in [-0.2, 0) is 4.79 Å². The number of benzene rings is 1. The summed E-state index contributed by atoms with van der Waals surface area (Å²) in [6.45, 7) is 1.60. The average Bonchev–Trinajstić information content (AvgIpc) is 2.79. The van der Waals surface area contributed by atoms with Gasteiger partial charge in [-0.15, -0.1) is 0 Å². The highest BCUT2D eigenvalue weighted by molar-refractivity contribution is 5.88. The number of hydrogen-bond acceptors (Lipinski definition) is 3. The molecule has 0 atom stereocenters. The van der Waals surface area contributed by atoms with Crippen LogP contribution < -0.4 is 0 Å². The number of carbonyl (C=O) groups is 1. The van der Waals surface area contributed by atoms with Crippen LogP contribution in [0.5, 0.6) is 0 Å². The Morgan fingerprint density at radius 3 is 2.61 bits per heavy atom. The molecule has 96 valence electrons. The van der Waals surface area contributed by atoms with Crippen LogP contribution in [0, 0.1) is 15.9 Å². The van der Waals surface area contributed by atoms with Gasteiger partial charge < -0.3 is 10.1 Å². The Morgan fingerprint density at radius 2 is 2.11 bits per heavy atom. The third-order valence-electron chi connectivity index (χ3n) is 2.15. The summed E-state index contributed by atoms with van der Waals surface area (Å²) in [6.07, 6.45) is 1.70. The summed E-state index contributed by atoms with van der Waals surface area (Å²) in [6, 6.07) is 3.71. The Morgan fingerprint density at radius 1 is 1.50 bits per heavy atom. The Balaban J connectivity index is 0.000000280. The van der Waals surface area contributed by atoms with E-state index in [1.807, 2.05) is 0 Å². The zero-order valence-electron chi connectivity index (χ0n) is 9.51. The van der Waals surface area contributed by atoms with Gasteiger partial charge in [-0.2, -0.15) is 0 Å². The van der Waals surface area contributed by atoms with Gasteiger partial charge >= 0.3 is 5.97 Å². The fourth-order valence-electron chi connectivity index (χ4n) is 1.26.